The molecule has 2 fully saturated rings. The van der Waals surface area contributed by atoms with E-state index in [1.807, 2.05) is 0 Å². The number of hydrogen-bond donors (Lipinski definition) is 1. The second-order valence-corrected chi connectivity index (χ2v) is 5.86. The standard InChI is InChI=1S/C14H29N3O/c1-16-7-9-17(10-8-16)11-12-18-14-6-4-2-3-5-13(14)15/h13-14H,2-12,15H2,1H3. The van der Waals surface area contributed by atoms with Crippen LogP contribution in [0.15, 0.2) is 0 Å². The summed E-state index contributed by atoms with van der Waals surface area (Å²) >= 11 is 0. The highest BCUT2D eigenvalue weighted by Crippen LogP contribution is 2.19. The number of ether oxygens (including phenoxy) is 1. The molecule has 2 rings (SSSR count). The maximum Gasteiger partial charge on any atom is 0.0726 e. The second-order valence-electron chi connectivity index (χ2n) is 5.86. The van der Waals surface area contributed by atoms with Crippen molar-refractivity contribution in [1.29, 1.82) is 0 Å². The van der Waals surface area contributed by atoms with E-state index in [0.717, 1.165) is 26.0 Å². The van der Waals surface area contributed by atoms with Gasteiger partial charge < -0.3 is 15.4 Å². The Hall–Kier alpha value is -0.160. The molecule has 1 saturated carbocycles. The van der Waals surface area contributed by atoms with Gasteiger partial charge >= 0.3 is 0 Å². The highest BCUT2D eigenvalue weighted by molar-refractivity contribution is 4.77. The molecule has 1 heterocycles. The second kappa shape index (κ2) is 7.43. The summed E-state index contributed by atoms with van der Waals surface area (Å²) in [5, 5.41) is 0. The lowest BCUT2D eigenvalue weighted by Crippen LogP contribution is -2.46. The summed E-state index contributed by atoms with van der Waals surface area (Å²) in [6.45, 7) is 6.64. The van der Waals surface area contributed by atoms with Crippen LogP contribution in [0, 0.1) is 0 Å². The minimum atomic E-state index is 0.264. The number of nitrogens with zero attached hydrogens (tertiary/aromatic N) is 2. The third kappa shape index (κ3) is 4.50. The summed E-state index contributed by atoms with van der Waals surface area (Å²) in [6.07, 6.45) is 6.49. The highest BCUT2D eigenvalue weighted by Gasteiger charge is 2.21. The van der Waals surface area contributed by atoms with E-state index in [2.05, 4.69) is 16.8 Å². The summed E-state index contributed by atoms with van der Waals surface area (Å²) in [7, 11) is 2.19. The molecule has 0 aromatic rings. The SMILES string of the molecule is CN1CCN(CCOC2CCCCCC2N)CC1. The Labute approximate surface area is 111 Å². The van der Waals surface area contributed by atoms with Gasteiger partial charge in [-0.15, -0.1) is 0 Å². The molecule has 1 saturated heterocycles. The molecular weight excluding hydrogens is 226 g/mol. The summed E-state index contributed by atoms with van der Waals surface area (Å²) in [5.41, 5.74) is 6.17. The molecule has 4 nitrogen and oxygen atoms in total. The first kappa shape index (κ1) is 14.3. The van der Waals surface area contributed by atoms with E-state index in [9.17, 15) is 0 Å². The molecule has 0 aromatic carbocycles. The topological polar surface area (TPSA) is 41.7 Å². The molecule has 2 unspecified atom stereocenters. The average Bonchev–Trinajstić information content (AvgIpc) is 2.57. The van der Waals surface area contributed by atoms with Gasteiger partial charge in [0.25, 0.3) is 0 Å². The molecule has 2 N–H and O–H groups in total. The molecule has 2 aliphatic rings. The van der Waals surface area contributed by atoms with Gasteiger partial charge in [0, 0.05) is 38.8 Å². The van der Waals surface area contributed by atoms with Gasteiger partial charge in [0.1, 0.15) is 0 Å². The van der Waals surface area contributed by atoms with Gasteiger partial charge in [-0.25, -0.2) is 0 Å². The third-order valence-electron chi connectivity index (χ3n) is 4.34. The Morgan fingerprint density at radius 3 is 2.56 bits per heavy atom. The summed E-state index contributed by atoms with van der Waals surface area (Å²) in [4.78, 5) is 4.89. The quantitative estimate of drug-likeness (QED) is 0.758. The van der Waals surface area contributed by atoms with Gasteiger partial charge in [0.15, 0.2) is 0 Å². The normalized spacial score (nSPS) is 32.3. The van der Waals surface area contributed by atoms with Crippen molar-refractivity contribution in [2.24, 2.45) is 5.73 Å². The van der Waals surface area contributed by atoms with Crippen molar-refractivity contribution in [3.63, 3.8) is 0 Å². The fourth-order valence-corrected chi connectivity index (χ4v) is 2.91. The number of hydrogen-bond acceptors (Lipinski definition) is 4. The van der Waals surface area contributed by atoms with Crippen molar-refractivity contribution < 1.29 is 4.74 Å². The summed E-state index contributed by atoms with van der Waals surface area (Å²) in [6, 6.07) is 0.264. The van der Waals surface area contributed by atoms with Gasteiger partial charge in [-0.05, 0) is 19.9 Å². The molecule has 1 aliphatic carbocycles. The number of likely N-dealkylation sites (N-methyl/N-ethyl adjacent to an activating group) is 1. The van der Waals surface area contributed by atoms with Crippen molar-refractivity contribution in [2.45, 2.75) is 44.2 Å². The van der Waals surface area contributed by atoms with Crippen LogP contribution in [0.25, 0.3) is 0 Å². The van der Waals surface area contributed by atoms with E-state index in [1.165, 1.54) is 45.4 Å². The fourth-order valence-electron chi connectivity index (χ4n) is 2.91. The van der Waals surface area contributed by atoms with E-state index in [4.69, 9.17) is 10.5 Å². The molecule has 2 atom stereocenters. The maximum absolute atomic E-state index is 6.17. The molecular formula is C14H29N3O. The smallest absolute Gasteiger partial charge is 0.0726 e. The number of piperazine rings is 1. The monoisotopic (exact) mass is 255 g/mol. The largest absolute Gasteiger partial charge is 0.375 e. The molecule has 0 radical (unpaired) electrons. The van der Waals surface area contributed by atoms with Crippen LogP contribution < -0.4 is 5.73 Å². The zero-order valence-corrected chi connectivity index (χ0v) is 11.8. The first-order valence-electron chi connectivity index (χ1n) is 7.54. The van der Waals surface area contributed by atoms with Crippen LogP contribution in [0.4, 0.5) is 0 Å². The molecule has 106 valence electrons. The Morgan fingerprint density at radius 1 is 1.06 bits per heavy atom. The molecule has 1 aliphatic heterocycles. The van der Waals surface area contributed by atoms with E-state index >= 15 is 0 Å². The van der Waals surface area contributed by atoms with Crippen molar-refractivity contribution in [1.82, 2.24) is 9.80 Å². The van der Waals surface area contributed by atoms with Crippen LogP contribution in [0.5, 0.6) is 0 Å². The number of rotatable bonds is 4. The fraction of sp³-hybridized carbons (Fsp3) is 1.00. The lowest BCUT2D eigenvalue weighted by molar-refractivity contribution is 0.0127. The minimum Gasteiger partial charge on any atom is -0.375 e. The zero-order valence-electron chi connectivity index (χ0n) is 11.8. The molecule has 0 bridgehead atoms. The molecule has 0 amide bonds. The third-order valence-corrected chi connectivity index (χ3v) is 4.34. The molecule has 18 heavy (non-hydrogen) atoms. The van der Waals surface area contributed by atoms with Crippen molar-refractivity contribution in [3.8, 4) is 0 Å². The lowest BCUT2D eigenvalue weighted by Gasteiger charge is -2.32. The van der Waals surface area contributed by atoms with Crippen LogP contribution in [0.3, 0.4) is 0 Å². The Kier molecular flexibility index (Phi) is 5.89. The van der Waals surface area contributed by atoms with Crippen molar-refractivity contribution in [3.05, 3.63) is 0 Å². The lowest BCUT2D eigenvalue weighted by atomic mass is 10.1. The van der Waals surface area contributed by atoms with E-state index in [1.54, 1.807) is 0 Å². The Morgan fingerprint density at radius 2 is 1.78 bits per heavy atom. The summed E-state index contributed by atoms with van der Waals surface area (Å²) < 4.78 is 6.02. The van der Waals surface area contributed by atoms with Crippen molar-refractivity contribution in [2.75, 3.05) is 46.4 Å². The summed E-state index contributed by atoms with van der Waals surface area (Å²) in [5.74, 6) is 0. The van der Waals surface area contributed by atoms with Crippen LogP contribution in [0.1, 0.15) is 32.1 Å². The van der Waals surface area contributed by atoms with Crippen LogP contribution in [-0.2, 0) is 4.74 Å². The Balaban J connectivity index is 1.62. The van der Waals surface area contributed by atoms with E-state index in [-0.39, 0.29) is 6.04 Å². The van der Waals surface area contributed by atoms with E-state index < -0.39 is 0 Å². The van der Waals surface area contributed by atoms with Crippen LogP contribution >= 0.6 is 0 Å². The predicted molar refractivity (Wildman–Crippen MR) is 74.7 cm³/mol. The first-order valence-corrected chi connectivity index (χ1v) is 7.54. The highest BCUT2D eigenvalue weighted by atomic mass is 16.5. The van der Waals surface area contributed by atoms with Crippen LogP contribution in [0.2, 0.25) is 0 Å². The van der Waals surface area contributed by atoms with Gasteiger partial charge in [-0.2, -0.15) is 0 Å². The average molecular weight is 255 g/mol. The first-order chi connectivity index (χ1) is 8.75. The van der Waals surface area contributed by atoms with Gasteiger partial charge in [-0.1, -0.05) is 19.3 Å². The van der Waals surface area contributed by atoms with E-state index in [0.29, 0.717) is 6.10 Å². The molecule has 4 heteroatoms. The Bertz CT molecular complexity index is 229. The maximum atomic E-state index is 6.17. The minimum absolute atomic E-state index is 0.264. The number of nitrogens with two attached hydrogens (primary N) is 1. The van der Waals surface area contributed by atoms with Gasteiger partial charge in [-0.3, -0.25) is 4.90 Å². The predicted octanol–water partition coefficient (Wildman–Crippen LogP) is 0.910. The van der Waals surface area contributed by atoms with Gasteiger partial charge in [0.05, 0.1) is 12.7 Å². The molecule has 0 aromatic heterocycles. The van der Waals surface area contributed by atoms with Crippen molar-refractivity contribution >= 4 is 0 Å². The van der Waals surface area contributed by atoms with Crippen LogP contribution in [-0.4, -0.2) is 68.3 Å². The zero-order chi connectivity index (χ0) is 12.8. The van der Waals surface area contributed by atoms with Gasteiger partial charge in [0.2, 0.25) is 0 Å². The molecule has 0 spiro atoms.